The van der Waals surface area contributed by atoms with E-state index in [0.717, 1.165) is 0 Å². The summed E-state index contributed by atoms with van der Waals surface area (Å²) in [4.78, 5) is 12.9. The summed E-state index contributed by atoms with van der Waals surface area (Å²) in [6.45, 7) is 0. The largest absolute Gasteiger partial charge is 0.497 e. The van der Waals surface area contributed by atoms with Crippen molar-refractivity contribution in [2.75, 3.05) is 14.2 Å². The van der Waals surface area contributed by atoms with Crippen LogP contribution in [0.4, 0.5) is 8.78 Å². The van der Waals surface area contributed by atoms with Crippen LogP contribution in [0.2, 0.25) is 0 Å². The van der Waals surface area contributed by atoms with Crippen LogP contribution in [-0.2, 0) is 27.7 Å². The normalized spacial score (nSPS) is 13.7. The zero-order chi connectivity index (χ0) is 25.5. The second kappa shape index (κ2) is 11.5. The lowest BCUT2D eigenvalue weighted by Crippen LogP contribution is -2.58. The van der Waals surface area contributed by atoms with Crippen LogP contribution in [0.1, 0.15) is 11.1 Å². The third-order valence-corrected chi connectivity index (χ3v) is 7.15. The molecule has 35 heavy (non-hydrogen) atoms. The summed E-state index contributed by atoms with van der Waals surface area (Å²) in [5.74, 6) is -4.97. The molecule has 186 valence electrons. The Morgan fingerprint density at radius 1 is 0.886 bits per heavy atom. The summed E-state index contributed by atoms with van der Waals surface area (Å²) < 4.78 is 64.6. The average Bonchev–Trinajstić information content (AvgIpc) is 2.87. The van der Waals surface area contributed by atoms with Crippen molar-refractivity contribution in [2.45, 2.75) is 35.7 Å². The summed E-state index contributed by atoms with van der Waals surface area (Å²) in [5.41, 5.74) is 1.17. The summed E-state index contributed by atoms with van der Waals surface area (Å²) in [6.07, 6.45) is -0.341. The van der Waals surface area contributed by atoms with E-state index in [9.17, 15) is 13.2 Å². The second-order valence-corrected chi connectivity index (χ2v) is 9.77. The van der Waals surface area contributed by atoms with E-state index in [-0.39, 0.29) is 17.7 Å². The van der Waals surface area contributed by atoms with Crippen LogP contribution >= 0.6 is 0 Å². The zero-order valence-corrected chi connectivity index (χ0v) is 20.3. The molecular weight excluding hydrogens is 474 g/mol. The Kier molecular flexibility index (Phi) is 8.71. The van der Waals surface area contributed by atoms with E-state index in [4.69, 9.17) is 4.74 Å². The fourth-order valence-electron chi connectivity index (χ4n) is 3.68. The summed E-state index contributed by atoms with van der Waals surface area (Å²) in [7, 11) is -1.52. The van der Waals surface area contributed by atoms with E-state index < -0.39 is 33.8 Å². The molecular formula is C26H28F2N2O4S. The predicted molar refractivity (Wildman–Crippen MR) is 130 cm³/mol. The average molecular weight is 503 g/mol. The Labute approximate surface area is 204 Å². The maximum atomic E-state index is 15.7. The molecule has 0 saturated heterocycles. The zero-order valence-electron chi connectivity index (χ0n) is 19.4. The van der Waals surface area contributed by atoms with Gasteiger partial charge in [-0.15, -0.1) is 0 Å². The number of halogens is 2. The van der Waals surface area contributed by atoms with Crippen molar-refractivity contribution in [3.8, 4) is 5.75 Å². The predicted octanol–water partition coefficient (Wildman–Crippen LogP) is 3.62. The van der Waals surface area contributed by atoms with Gasteiger partial charge >= 0.3 is 5.92 Å². The molecule has 0 bridgehead atoms. The lowest BCUT2D eigenvalue weighted by Gasteiger charge is -2.29. The molecule has 3 aromatic carbocycles. The minimum absolute atomic E-state index is 0.0368. The number of nitrogens with one attached hydrogen (secondary N) is 2. The fraction of sp³-hybridized carbons (Fsp3) is 0.269. The first-order valence-corrected chi connectivity index (χ1v) is 12.5. The van der Waals surface area contributed by atoms with Crippen molar-refractivity contribution >= 4 is 15.8 Å². The highest BCUT2D eigenvalue weighted by Crippen LogP contribution is 2.28. The molecule has 0 saturated carbocycles. The molecule has 0 spiro atoms. The van der Waals surface area contributed by atoms with E-state index in [1.54, 1.807) is 60.7 Å². The number of benzene rings is 3. The van der Waals surface area contributed by atoms with Crippen LogP contribution < -0.4 is 14.8 Å². The second-order valence-electron chi connectivity index (χ2n) is 8.06. The first-order chi connectivity index (χ1) is 16.7. The van der Waals surface area contributed by atoms with Gasteiger partial charge < -0.3 is 10.1 Å². The van der Waals surface area contributed by atoms with Gasteiger partial charge in [-0.25, -0.2) is 13.1 Å². The van der Waals surface area contributed by atoms with Gasteiger partial charge in [0.05, 0.1) is 24.1 Å². The minimum atomic E-state index is -4.37. The molecule has 0 fully saturated rings. The molecule has 0 aromatic heterocycles. The molecule has 0 amide bonds. The van der Waals surface area contributed by atoms with Crippen LogP contribution in [0, 0.1) is 0 Å². The van der Waals surface area contributed by atoms with Crippen LogP contribution in [0.5, 0.6) is 5.75 Å². The Hall–Kier alpha value is -3.14. The van der Waals surface area contributed by atoms with E-state index in [1.165, 1.54) is 38.4 Å². The van der Waals surface area contributed by atoms with Gasteiger partial charge in [0.1, 0.15) is 5.75 Å². The number of hydrogen-bond acceptors (Lipinski definition) is 5. The number of Topliss-reactive ketones (excluding diaryl/α,β-unsaturated/α-hetero) is 1. The van der Waals surface area contributed by atoms with Gasteiger partial charge in [-0.2, -0.15) is 8.78 Å². The maximum absolute atomic E-state index is 15.7. The van der Waals surface area contributed by atoms with Crippen molar-refractivity contribution in [2.24, 2.45) is 0 Å². The SMILES string of the molecule is CN[C@@H](Cc1ccccc1)C(=O)C(F)(F)C(Cc1ccccc1)NS(=O)(=O)c1ccc(OC)cc1. The molecule has 2 atom stereocenters. The number of carbonyl (C=O) groups is 1. The van der Waals surface area contributed by atoms with Gasteiger partial charge in [-0.1, -0.05) is 60.7 Å². The first-order valence-electron chi connectivity index (χ1n) is 11.0. The molecule has 0 aliphatic heterocycles. The molecule has 0 heterocycles. The van der Waals surface area contributed by atoms with Gasteiger partial charge in [0.2, 0.25) is 15.8 Å². The number of ether oxygens (including phenoxy) is 1. The van der Waals surface area contributed by atoms with Crippen molar-refractivity contribution in [1.82, 2.24) is 10.0 Å². The number of sulfonamides is 1. The molecule has 0 aliphatic carbocycles. The number of ketones is 1. The number of methoxy groups -OCH3 is 1. The molecule has 3 rings (SSSR count). The van der Waals surface area contributed by atoms with Gasteiger partial charge in [-0.05, 0) is 55.3 Å². The highest BCUT2D eigenvalue weighted by molar-refractivity contribution is 7.89. The van der Waals surface area contributed by atoms with E-state index >= 15 is 8.78 Å². The fourth-order valence-corrected chi connectivity index (χ4v) is 4.92. The monoisotopic (exact) mass is 502 g/mol. The van der Waals surface area contributed by atoms with Gasteiger partial charge in [0, 0.05) is 0 Å². The van der Waals surface area contributed by atoms with E-state index in [0.29, 0.717) is 16.9 Å². The highest BCUT2D eigenvalue weighted by atomic mass is 32.2. The van der Waals surface area contributed by atoms with Gasteiger partial charge in [0.25, 0.3) is 0 Å². The highest BCUT2D eigenvalue weighted by Gasteiger charge is 2.50. The van der Waals surface area contributed by atoms with E-state index in [1.807, 2.05) is 0 Å². The van der Waals surface area contributed by atoms with Gasteiger partial charge in [0.15, 0.2) is 0 Å². The summed E-state index contributed by atoms with van der Waals surface area (Å²) in [5, 5.41) is 2.66. The standard InChI is InChI=1S/C26H28F2N2O4S/c1-29-23(17-19-9-5-3-6-10-19)25(31)26(27,28)24(18-20-11-7-4-8-12-20)30-35(32,33)22-15-13-21(34-2)14-16-22/h3-16,23-24,29-30H,17-18H2,1-2H3/t23-,24?/m0/s1. The first kappa shape index (κ1) is 26.5. The molecule has 0 aliphatic rings. The molecule has 1 unspecified atom stereocenters. The molecule has 0 radical (unpaired) electrons. The van der Waals surface area contributed by atoms with Crippen LogP contribution in [0.25, 0.3) is 0 Å². The van der Waals surface area contributed by atoms with Gasteiger partial charge in [-0.3, -0.25) is 4.79 Å². The Morgan fingerprint density at radius 3 is 1.89 bits per heavy atom. The maximum Gasteiger partial charge on any atom is 0.323 e. The topological polar surface area (TPSA) is 84.5 Å². The quantitative estimate of drug-likeness (QED) is 0.395. The van der Waals surface area contributed by atoms with Crippen LogP contribution in [0.3, 0.4) is 0 Å². The lowest BCUT2D eigenvalue weighted by atomic mass is 9.92. The summed E-state index contributed by atoms with van der Waals surface area (Å²) in [6, 6.07) is 19.2. The smallest absolute Gasteiger partial charge is 0.323 e. The number of carbonyl (C=O) groups excluding carboxylic acids is 1. The Morgan fingerprint density at radius 2 is 1.40 bits per heavy atom. The third-order valence-electron chi connectivity index (χ3n) is 5.66. The minimum Gasteiger partial charge on any atom is -0.497 e. The van der Waals surface area contributed by atoms with E-state index in [2.05, 4.69) is 10.0 Å². The van der Waals surface area contributed by atoms with Crippen molar-refractivity contribution in [1.29, 1.82) is 0 Å². The van der Waals surface area contributed by atoms with Crippen LogP contribution in [0.15, 0.2) is 89.8 Å². The third kappa shape index (κ3) is 6.72. The lowest BCUT2D eigenvalue weighted by molar-refractivity contribution is -0.148. The van der Waals surface area contributed by atoms with Crippen LogP contribution in [-0.4, -0.2) is 46.4 Å². The number of rotatable bonds is 12. The molecule has 3 aromatic rings. The number of alkyl halides is 2. The molecule has 9 heteroatoms. The molecule has 6 nitrogen and oxygen atoms in total. The van der Waals surface area contributed by atoms with Crippen molar-refractivity contribution in [3.63, 3.8) is 0 Å². The van der Waals surface area contributed by atoms with Crippen molar-refractivity contribution < 1.29 is 26.7 Å². The number of likely N-dealkylation sites (N-methyl/N-ethyl adjacent to an activating group) is 1. The van der Waals surface area contributed by atoms with Crippen molar-refractivity contribution in [3.05, 3.63) is 96.1 Å². The molecule has 2 N–H and O–H groups in total. The Balaban J connectivity index is 1.92. The summed E-state index contributed by atoms with van der Waals surface area (Å²) >= 11 is 0. The Bertz CT molecular complexity index is 1210. The number of hydrogen-bond donors (Lipinski definition) is 2.